The molecule has 0 saturated heterocycles. The smallest absolute Gasteiger partial charge is 0.272 e. The predicted octanol–water partition coefficient (Wildman–Crippen LogP) is 3.74. The molecule has 2 aromatic rings. The van der Waals surface area contributed by atoms with Crippen molar-refractivity contribution in [3.8, 4) is 17.2 Å². The van der Waals surface area contributed by atoms with E-state index in [1.807, 2.05) is 0 Å². The van der Waals surface area contributed by atoms with Gasteiger partial charge in [0.2, 0.25) is 0 Å². The van der Waals surface area contributed by atoms with Crippen molar-refractivity contribution >= 4 is 17.3 Å². The van der Waals surface area contributed by atoms with Gasteiger partial charge in [0, 0.05) is 6.07 Å². The number of fused-ring (bicyclic) bond motifs is 1. The molecule has 0 N–H and O–H groups in total. The molecular formula is C15H11ClFNO5. The lowest BCUT2D eigenvalue weighted by molar-refractivity contribution is -0.385. The lowest BCUT2D eigenvalue weighted by atomic mass is 10.2. The molecular weight excluding hydrogens is 329 g/mol. The summed E-state index contributed by atoms with van der Waals surface area (Å²) in [6, 6.07) is 6.54. The molecule has 0 unspecified atom stereocenters. The third-order valence-electron chi connectivity index (χ3n) is 3.18. The van der Waals surface area contributed by atoms with Gasteiger partial charge in [0.25, 0.3) is 5.69 Å². The second kappa shape index (κ2) is 6.29. The van der Waals surface area contributed by atoms with Gasteiger partial charge in [0.15, 0.2) is 23.1 Å². The van der Waals surface area contributed by atoms with Crippen molar-refractivity contribution < 1.29 is 23.5 Å². The molecule has 3 rings (SSSR count). The zero-order valence-corrected chi connectivity index (χ0v) is 12.5. The van der Waals surface area contributed by atoms with Crippen LogP contribution >= 0.6 is 11.6 Å². The first-order valence-corrected chi connectivity index (χ1v) is 7.07. The fraction of sp³-hybridized carbons (Fsp3) is 0.200. The second-order valence-corrected chi connectivity index (χ2v) is 5.17. The zero-order chi connectivity index (χ0) is 16.4. The number of nitro groups is 1. The van der Waals surface area contributed by atoms with E-state index in [0.717, 1.165) is 6.07 Å². The summed E-state index contributed by atoms with van der Waals surface area (Å²) in [5.41, 5.74) is 0.328. The molecule has 0 aromatic heterocycles. The summed E-state index contributed by atoms with van der Waals surface area (Å²) < 4.78 is 30.0. The maximum absolute atomic E-state index is 13.8. The Morgan fingerprint density at radius 3 is 2.78 bits per heavy atom. The van der Waals surface area contributed by atoms with E-state index in [9.17, 15) is 14.5 Å². The van der Waals surface area contributed by atoms with E-state index in [1.165, 1.54) is 12.1 Å². The van der Waals surface area contributed by atoms with Gasteiger partial charge in [-0.15, -0.1) is 0 Å². The van der Waals surface area contributed by atoms with Crippen molar-refractivity contribution in [2.75, 3.05) is 13.2 Å². The van der Waals surface area contributed by atoms with Crippen LogP contribution in [0.3, 0.4) is 0 Å². The molecule has 0 spiro atoms. The summed E-state index contributed by atoms with van der Waals surface area (Å²) in [6.07, 6.45) is 0. The number of ether oxygens (including phenoxy) is 3. The first-order valence-electron chi connectivity index (χ1n) is 6.69. The van der Waals surface area contributed by atoms with Crippen LogP contribution in [0.5, 0.6) is 17.2 Å². The molecule has 1 aliphatic heterocycles. The third kappa shape index (κ3) is 3.29. The maximum atomic E-state index is 13.8. The van der Waals surface area contributed by atoms with Gasteiger partial charge in [-0.1, -0.05) is 11.6 Å². The average molecular weight is 340 g/mol. The number of non-ortho nitro benzene ring substituents is 1. The Kier molecular flexibility index (Phi) is 4.20. The summed E-state index contributed by atoms with van der Waals surface area (Å²) in [6.45, 7) is 0.881. The van der Waals surface area contributed by atoms with Crippen molar-refractivity contribution in [2.45, 2.75) is 6.61 Å². The van der Waals surface area contributed by atoms with Gasteiger partial charge >= 0.3 is 0 Å². The highest BCUT2D eigenvalue weighted by Crippen LogP contribution is 2.38. The van der Waals surface area contributed by atoms with E-state index >= 15 is 0 Å². The third-order valence-corrected chi connectivity index (χ3v) is 3.46. The Hall–Kier alpha value is -2.54. The molecule has 0 aliphatic carbocycles. The Morgan fingerprint density at radius 2 is 2.04 bits per heavy atom. The van der Waals surface area contributed by atoms with Gasteiger partial charge < -0.3 is 14.2 Å². The van der Waals surface area contributed by atoms with Crippen LogP contribution in [-0.4, -0.2) is 18.1 Å². The minimum Gasteiger partial charge on any atom is -0.486 e. The monoisotopic (exact) mass is 339 g/mol. The van der Waals surface area contributed by atoms with E-state index in [2.05, 4.69) is 0 Å². The predicted molar refractivity (Wildman–Crippen MR) is 79.8 cm³/mol. The minimum absolute atomic E-state index is 0.0328. The highest BCUT2D eigenvalue weighted by Gasteiger charge is 2.17. The van der Waals surface area contributed by atoms with E-state index < -0.39 is 10.7 Å². The van der Waals surface area contributed by atoms with Crippen molar-refractivity contribution in [2.24, 2.45) is 0 Å². The molecule has 0 atom stereocenters. The molecule has 0 bridgehead atoms. The van der Waals surface area contributed by atoms with Gasteiger partial charge in [-0.25, -0.2) is 4.39 Å². The first kappa shape index (κ1) is 15.4. The van der Waals surface area contributed by atoms with E-state index in [4.69, 9.17) is 25.8 Å². The summed E-state index contributed by atoms with van der Waals surface area (Å²) in [5.74, 6) is 0.0964. The molecule has 120 valence electrons. The fourth-order valence-electron chi connectivity index (χ4n) is 2.13. The average Bonchev–Trinajstić information content (AvgIpc) is 2.53. The molecule has 6 nitrogen and oxygen atoms in total. The molecule has 23 heavy (non-hydrogen) atoms. The van der Waals surface area contributed by atoms with Crippen molar-refractivity contribution in [3.63, 3.8) is 0 Å². The van der Waals surface area contributed by atoms with Gasteiger partial charge in [0.05, 0.1) is 16.0 Å². The Labute approximate surface area is 135 Å². The topological polar surface area (TPSA) is 70.8 Å². The quantitative estimate of drug-likeness (QED) is 0.627. The number of halogens is 2. The van der Waals surface area contributed by atoms with Crippen LogP contribution in [0.4, 0.5) is 10.1 Å². The van der Waals surface area contributed by atoms with Crippen molar-refractivity contribution in [3.05, 3.63) is 56.8 Å². The summed E-state index contributed by atoms with van der Waals surface area (Å²) >= 11 is 6.11. The second-order valence-electron chi connectivity index (χ2n) is 4.76. The number of rotatable bonds is 4. The fourth-order valence-corrected chi connectivity index (χ4v) is 2.42. The summed E-state index contributed by atoms with van der Waals surface area (Å²) in [4.78, 5) is 9.90. The molecule has 0 saturated carbocycles. The largest absolute Gasteiger partial charge is 0.486 e. The number of nitro benzene ring substituents is 1. The molecule has 1 aliphatic rings. The van der Waals surface area contributed by atoms with E-state index in [1.54, 1.807) is 12.1 Å². The first-order chi connectivity index (χ1) is 11.0. The van der Waals surface area contributed by atoms with Gasteiger partial charge in [0.1, 0.15) is 19.8 Å². The van der Waals surface area contributed by atoms with Crippen LogP contribution in [0.1, 0.15) is 5.56 Å². The van der Waals surface area contributed by atoms with Crippen LogP contribution in [0.2, 0.25) is 5.02 Å². The lowest BCUT2D eigenvalue weighted by Crippen LogP contribution is -2.16. The van der Waals surface area contributed by atoms with Crippen LogP contribution < -0.4 is 14.2 Å². The molecule has 0 amide bonds. The molecule has 2 aromatic carbocycles. The van der Waals surface area contributed by atoms with Crippen LogP contribution in [-0.2, 0) is 6.61 Å². The standard InChI is InChI=1S/C15H11ClFNO5/c16-11-5-9(6-14-15(11)22-4-3-21-14)8-23-13-2-1-10(18(19)20)7-12(13)17/h1-2,5-7H,3-4,8H2. The minimum atomic E-state index is -0.803. The Bertz CT molecular complexity index is 768. The van der Waals surface area contributed by atoms with E-state index in [-0.39, 0.29) is 18.0 Å². The highest BCUT2D eigenvalue weighted by atomic mass is 35.5. The highest BCUT2D eigenvalue weighted by molar-refractivity contribution is 6.32. The molecule has 1 heterocycles. The Balaban J connectivity index is 1.76. The van der Waals surface area contributed by atoms with Gasteiger partial charge in [-0.2, -0.15) is 0 Å². The lowest BCUT2D eigenvalue weighted by Gasteiger charge is -2.20. The molecule has 8 heteroatoms. The SMILES string of the molecule is O=[N+]([O-])c1ccc(OCc2cc(Cl)c3c(c2)OCCO3)c(F)c1. The molecule has 0 radical (unpaired) electrons. The van der Waals surface area contributed by atoms with Crippen LogP contribution in [0.25, 0.3) is 0 Å². The van der Waals surface area contributed by atoms with Crippen LogP contribution in [0, 0.1) is 15.9 Å². The normalized spacial score (nSPS) is 12.8. The number of nitrogens with zero attached hydrogens (tertiary/aromatic N) is 1. The number of hydrogen-bond acceptors (Lipinski definition) is 5. The number of benzene rings is 2. The molecule has 0 fully saturated rings. The Morgan fingerprint density at radius 1 is 1.26 bits per heavy atom. The zero-order valence-electron chi connectivity index (χ0n) is 11.8. The van der Waals surface area contributed by atoms with Crippen molar-refractivity contribution in [1.82, 2.24) is 0 Å². The van der Waals surface area contributed by atoms with Gasteiger partial charge in [-0.3, -0.25) is 10.1 Å². The summed E-state index contributed by atoms with van der Waals surface area (Å²) in [5, 5.41) is 11.0. The summed E-state index contributed by atoms with van der Waals surface area (Å²) in [7, 11) is 0. The van der Waals surface area contributed by atoms with Gasteiger partial charge in [-0.05, 0) is 23.8 Å². The van der Waals surface area contributed by atoms with Crippen LogP contribution in [0.15, 0.2) is 30.3 Å². The van der Waals surface area contributed by atoms with E-state index in [0.29, 0.717) is 35.3 Å². The van der Waals surface area contributed by atoms with Crippen molar-refractivity contribution in [1.29, 1.82) is 0 Å². The maximum Gasteiger partial charge on any atom is 0.272 e. The number of hydrogen-bond donors (Lipinski definition) is 0.